The van der Waals surface area contributed by atoms with E-state index in [2.05, 4.69) is 21.6 Å². The monoisotopic (exact) mass is 221 g/mol. The molecule has 84 valence electrons. The van der Waals surface area contributed by atoms with Crippen LogP contribution in [0, 0.1) is 11.8 Å². The van der Waals surface area contributed by atoms with Gasteiger partial charge in [0, 0.05) is 11.8 Å². The fraction of sp³-hybridized carbons (Fsp3) is 0.273. The molecule has 0 aliphatic heterocycles. The van der Waals surface area contributed by atoms with Crippen LogP contribution in [0.15, 0.2) is 12.3 Å². The Hall–Kier alpha value is -2.06. The van der Waals surface area contributed by atoms with Crippen molar-refractivity contribution in [2.24, 2.45) is 0 Å². The fourth-order valence-corrected chi connectivity index (χ4v) is 1.08. The average Bonchev–Trinajstić information content (AvgIpc) is 2.35. The molecule has 1 heterocycles. The van der Waals surface area contributed by atoms with E-state index in [0.717, 1.165) is 0 Å². The summed E-state index contributed by atoms with van der Waals surface area (Å²) in [6, 6.07) is 1.50. The number of pyridine rings is 1. The van der Waals surface area contributed by atoms with Crippen molar-refractivity contribution in [3.8, 4) is 17.7 Å². The lowest BCUT2D eigenvalue weighted by Crippen LogP contribution is -2.06. The number of hydrogen-bond acceptors (Lipinski definition) is 5. The van der Waals surface area contributed by atoms with Crippen molar-refractivity contribution in [3.63, 3.8) is 0 Å². The highest BCUT2D eigenvalue weighted by atomic mass is 16.5. The fourth-order valence-electron chi connectivity index (χ4n) is 1.08. The Kier molecular flexibility index (Phi) is 4.30. The van der Waals surface area contributed by atoms with E-state index in [0.29, 0.717) is 5.56 Å². The van der Waals surface area contributed by atoms with Gasteiger partial charge in [-0.25, -0.2) is 9.78 Å². The van der Waals surface area contributed by atoms with Crippen LogP contribution in [0.3, 0.4) is 0 Å². The Morgan fingerprint density at radius 1 is 1.56 bits per heavy atom. The molecule has 0 amide bonds. The van der Waals surface area contributed by atoms with Gasteiger partial charge in [0.1, 0.15) is 12.2 Å². The molecule has 1 rings (SSSR count). The van der Waals surface area contributed by atoms with E-state index in [4.69, 9.17) is 9.84 Å². The summed E-state index contributed by atoms with van der Waals surface area (Å²) in [5.41, 5.74) is 0.713. The number of esters is 1. The van der Waals surface area contributed by atoms with Crippen LogP contribution in [0.4, 0.5) is 0 Å². The van der Waals surface area contributed by atoms with Gasteiger partial charge in [0.05, 0.1) is 14.2 Å². The molecule has 0 saturated carbocycles. The van der Waals surface area contributed by atoms with Crippen molar-refractivity contribution >= 4 is 5.97 Å². The highest BCUT2D eigenvalue weighted by Crippen LogP contribution is 2.16. The zero-order valence-electron chi connectivity index (χ0n) is 8.98. The quantitative estimate of drug-likeness (QED) is 0.571. The molecular formula is C11H11NO4. The molecule has 0 fully saturated rings. The number of rotatable bonds is 2. The summed E-state index contributed by atoms with van der Waals surface area (Å²) >= 11 is 0. The second-order valence-electron chi connectivity index (χ2n) is 2.73. The first kappa shape index (κ1) is 12.0. The molecule has 16 heavy (non-hydrogen) atoms. The molecule has 0 atom stereocenters. The molecular weight excluding hydrogens is 210 g/mol. The van der Waals surface area contributed by atoms with Gasteiger partial charge in [-0.1, -0.05) is 11.8 Å². The molecule has 0 aromatic carbocycles. The standard InChI is InChI=1S/C11H11NO4/c1-15-10-9(11(14)16-2)6-8(7-12-10)4-3-5-13/h6-7,13H,5H2,1-2H3. The highest BCUT2D eigenvalue weighted by molar-refractivity contribution is 5.92. The van der Waals surface area contributed by atoms with Gasteiger partial charge in [-0.05, 0) is 6.07 Å². The second-order valence-corrected chi connectivity index (χ2v) is 2.73. The van der Waals surface area contributed by atoms with Crippen LogP contribution in [-0.2, 0) is 4.74 Å². The van der Waals surface area contributed by atoms with Crippen LogP contribution in [-0.4, -0.2) is 36.9 Å². The predicted octanol–water partition coefficient (Wildman–Crippen LogP) is 0.221. The first-order valence-corrected chi connectivity index (χ1v) is 4.45. The zero-order valence-corrected chi connectivity index (χ0v) is 8.98. The molecule has 0 spiro atoms. The Morgan fingerprint density at radius 2 is 2.31 bits per heavy atom. The molecule has 0 aliphatic carbocycles. The molecule has 1 aromatic rings. The number of hydrogen-bond donors (Lipinski definition) is 1. The van der Waals surface area contributed by atoms with Crippen molar-refractivity contribution in [1.82, 2.24) is 4.98 Å². The van der Waals surface area contributed by atoms with Crippen LogP contribution in [0.2, 0.25) is 0 Å². The van der Waals surface area contributed by atoms with Gasteiger partial charge < -0.3 is 14.6 Å². The Morgan fingerprint density at radius 3 is 2.88 bits per heavy atom. The van der Waals surface area contributed by atoms with Gasteiger partial charge in [0.2, 0.25) is 5.88 Å². The molecule has 5 nitrogen and oxygen atoms in total. The van der Waals surface area contributed by atoms with E-state index in [1.165, 1.54) is 26.5 Å². The molecule has 0 saturated heterocycles. The van der Waals surface area contributed by atoms with Gasteiger partial charge >= 0.3 is 5.97 Å². The number of aliphatic hydroxyl groups is 1. The van der Waals surface area contributed by atoms with Crippen LogP contribution < -0.4 is 4.74 Å². The van der Waals surface area contributed by atoms with Crippen molar-refractivity contribution in [2.45, 2.75) is 0 Å². The summed E-state index contributed by atoms with van der Waals surface area (Å²) in [6.07, 6.45) is 1.45. The lowest BCUT2D eigenvalue weighted by molar-refractivity contribution is 0.0596. The molecule has 1 aromatic heterocycles. The molecule has 0 aliphatic rings. The maximum absolute atomic E-state index is 11.4. The second kappa shape index (κ2) is 5.73. The number of carbonyl (C=O) groups excluding carboxylic acids is 1. The van der Waals surface area contributed by atoms with Crippen molar-refractivity contribution in [3.05, 3.63) is 23.4 Å². The highest BCUT2D eigenvalue weighted by Gasteiger charge is 2.14. The van der Waals surface area contributed by atoms with Gasteiger partial charge in [-0.3, -0.25) is 0 Å². The molecule has 0 bridgehead atoms. The number of carbonyl (C=O) groups is 1. The van der Waals surface area contributed by atoms with Crippen LogP contribution in [0.1, 0.15) is 15.9 Å². The SMILES string of the molecule is COC(=O)c1cc(C#CCO)cnc1OC. The largest absolute Gasteiger partial charge is 0.480 e. The number of aliphatic hydroxyl groups excluding tert-OH is 1. The normalized spacial score (nSPS) is 8.94. The third kappa shape index (κ3) is 2.72. The summed E-state index contributed by atoms with van der Waals surface area (Å²) in [6.45, 7) is -0.250. The summed E-state index contributed by atoms with van der Waals surface area (Å²) in [4.78, 5) is 15.3. The summed E-state index contributed by atoms with van der Waals surface area (Å²) in [5, 5.41) is 8.54. The lowest BCUT2D eigenvalue weighted by atomic mass is 10.2. The van der Waals surface area contributed by atoms with Gasteiger partial charge in [-0.2, -0.15) is 0 Å². The summed E-state index contributed by atoms with van der Waals surface area (Å²) in [7, 11) is 2.68. The number of aromatic nitrogens is 1. The third-order valence-corrected chi connectivity index (χ3v) is 1.76. The summed E-state index contributed by atoms with van der Waals surface area (Å²) < 4.78 is 9.50. The number of methoxy groups -OCH3 is 2. The Bertz CT molecular complexity index is 445. The molecule has 5 heteroatoms. The van der Waals surface area contributed by atoms with Crippen molar-refractivity contribution in [1.29, 1.82) is 0 Å². The Balaban J connectivity index is 3.16. The van der Waals surface area contributed by atoms with Gasteiger partial charge in [-0.15, -0.1) is 0 Å². The summed E-state index contributed by atoms with van der Waals surface area (Å²) in [5.74, 6) is 4.74. The van der Waals surface area contributed by atoms with Crippen LogP contribution in [0.25, 0.3) is 0 Å². The van der Waals surface area contributed by atoms with Gasteiger partial charge in [0.25, 0.3) is 0 Å². The topological polar surface area (TPSA) is 68.7 Å². The predicted molar refractivity (Wildman–Crippen MR) is 56.1 cm³/mol. The first-order chi connectivity index (χ1) is 7.72. The first-order valence-electron chi connectivity index (χ1n) is 4.45. The van der Waals surface area contributed by atoms with Gasteiger partial charge in [0.15, 0.2) is 0 Å². The molecule has 0 radical (unpaired) electrons. The minimum atomic E-state index is -0.544. The minimum Gasteiger partial charge on any atom is -0.480 e. The molecule has 1 N–H and O–H groups in total. The smallest absolute Gasteiger partial charge is 0.343 e. The zero-order chi connectivity index (χ0) is 12.0. The molecule has 0 unspecified atom stereocenters. The minimum absolute atomic E-state index is 0.182. The average molecular weight is 221 g/mol. The maximum Gasteiger partial charge on any atom is 0.343 e. The van der Waals surface area contributed by atoms with Crippen LogP contribution >= 0.6 is 0 Å². The van der Waals surface area contributed by atoms with Crippen molar-refractivity contribution in [2.75, 3.05) is 20.8 Å². The Labute approximate surface area is 93.0 Å². The number of nitrogens with zero attached hydrogens (tertiary/aromatic N) is 1. The maximum atomic E-state index is 11.4. The van der Waals surface area contributed by atoms with E-state index in [9.17, 15) is 4.79 Å². The van der Waals surface area contributed by atoms with E-state index >= 15 is 0 Å². The van der Waals surface area contributed by atoms with E-state index in [1.54, 1.807) is 0 Å². The van der Waals surface area contributed by atoms with Crippen molar-refractivity contribution < 1.29 is 19.4 Å². The third-order valence-electron chi connectivity index (χ3n) is 1.76. The van der Waals surface area contributed by atoms with Crippen LogP contribution in [0.5, 0.6) is 5.88 Å². The van der Waals surface area contributed by atoms with E-state index in [-0.39, 0.29) is 18.1 Å². The number of ether oxygens (including phenoxy) is 2. The lowest BCUT2D eigenvalue weighted by Gasteiger charge is -2.05. The van der Waals surface area contributed by atoms with E-state index in [1.807, 2.05) is 0 Å². The van der Waals surface area contributed by atoms with E-state index < -0.39 is 5.97 Å².